The highest BCUT2D eigenvalue weighted by molar-refractivity contribution is 7.89. The van der Waals surface area contributed by atoms with Crippen LogP contribution >= 0.6 is 0 Å². The van der Waals surface area contributed by atoms with Crippen molar-refractivity contribution in [3.63, 3.8) is 0 Å². The van der Waals surface area contributed by atoms with E-state index in [-0.39, 0.29) is 23.3 Å². The molecule has 0 unspecified atom stereocenters. The molecule has 0 aliphatic carbocycles. The zero-order valence-electron chi connectivity index (χ0n) is 19.5. The van der Waals surface area contributed by atoms with Crippen molar-refractivity contribution in [2.24, 2.45) is 0 Å². The molecule has 1 aliphatic heterocycles. The van der Waals surface area contributed by atoms with E-state index in [2.05, 4.69) is 10.3 Å². The first-order valence-corrected chi connectivity index (χ1v) is 12.5. The first-order chi connectivity index (χ1) is 16.1. The Hall–Kier alpha value is -3.21. The van der Waals surface area contributed by atoms with Crippen molar-refractivity contribution in [1.29, 1.82) is 0 Å². The summed E-state index contributed by atoms with van der Waals surface area (Å²) in [4.78, 5) is 32.6. The van der Waals surface area contributed by atoms with Gasteiger partial charge in [-0.2, -0.15) is 0 Å². The molecule has 10 heteroatoms. The van der Waals surface area contributed by atoms with Gasteiger partial charge in [-0.15, -0.1) is 0 Å². The maximum absolute atomic E-state index is 12.9. The quantitative estimate of drug-likeness (QED) is 0.559. The van der Waals surface area contributed by atoms with Crippen LogP contribution in [0.25, 0.3) is 10.9 Å². The van der Waals surface area contributed by atoms with Crippen molar-refractivity contribution in [2.75, 3.05) is 52.1 Å². The molecule has 0 bridgehead atoms. The number of aryl methyl sites for hydroxylation is 1. The van der Waals surface area contributed by atoms with Crippen molar-refractivity contribution in [1.82, 2.24) is 19.1 Å². The van der Waals surface area contributed by atoms with E-state index < -0.39 is 10.0 Å². The highest BCUT2D eigenvalue weighted by Crippen LogP contribution is 2.22. The van der Waals surface area contributed by atoms with Gasteiger partial charge in [0, 0.05) is 56.9 Å². The van der Waals surface area contributed by atoms with Gasteiger partial charge in [-0.1, -0.05) is 24.3 Å². The molecule has 34 heavy (non-hydrogen) atoms. The molecule has 0 radical (unpaired) electrons. The van der Waals surface area contributed by atoms with Crippen LogP contribution < -0.4 is 5.32 Å². The molecule has 2 N–H and O–H groups in total. The van der Waals surface area contributed by atoms with Gasteiger partial charge in [0.15, 0.2) is 0 Å². The van der Waals surface area contributed by atoms with Crippen LogP contribution in [0.3, 0.4) is 0 Å². The minimum atomic E-state index is -3.61. The molecule has 2 amide bonds. The fraction of sp³-hybridized carbons (Fsp3) is 0.333. The maximum Gasteiger partial charge on any atom is 0.270 e. The zero-order chi connectivity index (χ0) is 24.5. The van der Waals surface area contributed by atoms with Gasteiger partial charge in [0.25, 0.3) is 5.91 Å². The number of hydrogen-bond acceptors (Lipinski definition) is 5. The Morgan fingerprint density at radius 2 is 1.74 bits per heavy atom. The van der Waals surface area contributed by atoms with Crippen LogP contribution in [0.1, 0.15) is 16.1 Å². The molecule has 0 spiro atoms. The molecular formula is C24H29N5O4S. The summed E-state index contributed by atoms with van der Waals surface area (Å²) in [5, 5.41) is 3.79. The zero-order valence-corrected chi connectivity index (χ0v) is 20.4. The fourth-order valence-corrected chi connectivity index (χ4v) is 5.17. The van der Waals surface area contributed by atoms with Crippen LogP contribution in [0, 0.1) is 6.92 Å². The number of fused-ring (bicyclic) bond motifs is 1. The number of sulfonamides is 1. The number of nitrogens with one attached hydrogen (secondary N) is 2. The van der Waals surface area contributed by atoms with Crippen LogP contribution in [0.5, 0.6) is 0 Å². The van der Waals surface area contributed by atoms with E-state index in [1.807, 2.05) is 35.2 Å². The van der Waals surface area contributed by atoms with Crippen LogP contribution in [-0.4, -0.2) is 86.1 Å². The van der Waals surface area contributed by atoms with Gasteiger partial charge >= 0.3 is 0 Å². The SMILES string of the molecule is Cc1ccc(NC(=O)CN2CCN(C(=O)c3cc4ccccc4[nH]3)CC2)cc1S(=O)(=O)N(C)C. The summed E-state index contributed by atoms with van der Waals surface area (Å²) in [6.45, 7) is 4.09. The number of aromatic nitrogens is 1. The molecule has 1 saturated heterocycles. The second kappa shape index (κ2) is 9.57. The molecule has 1 fully saturated rings. The summed E-state index contributed by atoms with van der Waals surface area (Å²) in [5.41, 5.74) is 2.54. The number of H-pyrrole nitrogens is 1. The number of nitrogens with zero attached hydrogens (tertiary/aromatic N) is 3. The number of amides is 2. The van der Waals surface area contributed by atoms with Crippen molar-refractivity contribution in [2.45, 2.75) is 11.8 Å². The van der Waals surface area contributed by atoms with Gasteiger partial charge in [-0.05, 0) is 36.8 Å². The summed E-state index contributed by atoms with van der Waals surface area (Å²) < 4.78 is 26.2. The Morgan fingerprint density at radius 1 is 1.03 bits per heavy atom. The van der Waals surface area contributed by atoms with Crippen molar-refractivity contribution in [3.05, 3.63) is 59.8 Å². The minimum absolute atomic E-state index is 0.0467. The molecular weight excluding hydrogens is 454 g/mol. The van der Waals surface area contributed by atoms with Crippen molar-refractivity contribution in [3.8, 4) is 0 Å². The van der Waals surface area contributed by atoms with Crippen LogP contribution in [0.2, 0.25) is 0 Å². The second-order valence-corrected chi connectivity index (χ2v) is 10.8. The number of carbonyl (C=O) groups excluding carboxylic acids is 2. The number of benzene rings is 2. The standard InChI is InChI=1S/C24H29N5O4S/c1-17-8-9-19(15-22(17)34(32,33)27(2)3)25-23(30)16-28-10-12-29(13-11-28)24(31)21-14-18-6-4-5-7-20(18)26-21/h4-9,14-15,26H,10-13,16H2,1-3H3,(H,25,30). The molecule has 2 heterocycles. The van der Waals surface area contributed by atoms with Crippen molar-refractivity contribution < 1.29 is 18.0 Å². The van der Waals surface area contributed by atoms with Gasteiger partial charge < -0.3 is 15.2 Å². The Bertz CT molecular complexity index is 1290. The summed E-state index contributed by atoms with van der Waals surface area (Å²) >= 11 is 0. The first-order valence-electron chi connectivity index (χ1n) is 11.1. The predicted octanol–water partition coefficient (Wildman–Crippen LogP) is 2.12. The molecule has 2 aromatic carbocycles. The summed E-state index contributed by atoms with van der Waals surface area (Å²) in [5.74, 6) is -0.276. The van der Waals surface area contributed by atoms with Crippen molar-refractivity contribution >= 4 is 38.4 Å². The fourth-order valence-electron chi connectivity index (χ4n) is 4.02. The van der Waals surface area contributed by atoms with E-state index >= 15 is 0 Å². The topological polar surface area (TPSA) is 106 Å². The minimum Gasteiger partial charge on any atom is -0.351 e. The third-order valence-electron chi connectivity index (χ3n) is 6.02. The van der Waals surface area contributed by atoms with E-state index in [1.54, 1.807) is 24.0 Å². The van der Waals surface area contributed by atoms with E-state index in [4.69, 9.17) is 0 Å². The number of aromatic amines is 1. The lowest BCUT2D eigenvalue weighted by Gasteiger charge is -2.34. The Kier molecular flexibility index (Phi) is 6.74. The summed E-state index contributed by atoms with van der Waals surface area (Å²) in [7, 11) is -0.658. The lowest BCUT2D eigenvalue weighted by Crippen LogP contribution is -2.50. The molecule has 4 rings (SSSR count). The lowest BCUT2D eigenvalue weighted by molar-refractivity contribution is -0.117. The highest BCUT2D eigenvalue weighted by atomic mass is 32.2. The number of anilines is 1. The van der Waals surface area contributed by atoms with E-state index in [1.165, 1.54) is 20.2 Å². The molecule has 0 saturated carbocycles. The van der Waals surface area contributed by atoms with Crippen LogP contribution in [0.15, 0.2) is 53.4 Å². The maximum atomic E-state index is 12.9. The molecule has 3 aromatic rings. The third kappa shape index (κ3) is 4.98. The number of rotatable bonds is 6. The Labute approximate surface area is 199 Å². The number of hydrogen-bond donors (Lipinski definition) is 2. The van der Waals surface area contributed by atoms with Gasteiger partial charge in [0.2, 0.25) is 15.9 Å². The molecule has 9 nitrogen and oxygen atoms in total. The van der Waals surface area contributed by atoms with Gasteiger partial charge in [0.1, 0.15) is 5.69 Å². The van der Waals surface area contributed by atoms with Gasteiger partial charge in [-0.25, -0.2) is 12.7 Å². The van der Waals surface area contributed by atoms with E-state index in [0.29, 0.717) is 43.1 Å². The molecule has 1 aromatic heterocycles. The second-order valence-electron chi connectivity index (χ2n) is 8.65. The lowest BCUT2D eigenvalue weighted by atomic mass is 10.2. The van der Waals surface area contributed by atoms with Crippen LogP contribution in [0.4, 0.5) is 5.69 Å². The van der Waals surface area contributed by atoms with E-state index in [9.17, 15) is 18.0 Å². The van der Waals surface area contributed by atoms with Gasteiger partial charge in [-0.3, -0.25) is 14.5 Å². The summed E-state index contributed by atoms with van der Waals surface area (Å²) in [6, 6.07) is 14.5. The normalized spacial score (nSPS) is 15.1. The largest absolute Gasteiger partial charge is 0.351 e. The monoisotopic (exact) mass is 483 g/mol. The number of para-hydroxylation sites is 1. The van der Waals surface area contributed by atoms with Crippen LogP contribution in [-0.2, 0) is 14.8 Å². The first kappa shape index (κ1) is 23.9. The Morgan fingerprint density at radius 3 is 2.41 bits per heavy atom. The smallest absolute Gasteiger partial charge is 0.270 e. The Balaban J connectivity index is 1.33. The molecule has 0 atom stereocenters. The molecule has 1 aliphatic rings. The summed E-state index contributed by atoms with van der Waals surface area (Å²) in [6.07, 6.45) is 0. The average Bonchev–Trinajstić information content (AvgIpc) is 3.24. The predicted molar refractivity (Wildman–Crippen MR) is 131 cm³/mol. The third-order valence-corrected chi connectivity index (χ3v) is 7.97. The highest BCUT2D eigenvalue weighted by Gasteiger charge is 2.25. The van der Waals surface area contributed by atoms with E-state index in [0.717, 1.165) is 15.2 Å². The molecule has 180 valence electrons. The number of carbonyl (C=O) groups is 2. The van der Waals surface area contributed by atoms with Gasteiger partial charge in [0.05, 0.1) is 11.4 Å². The number of piperazine rings is 1. The average molecular weight is 484 g/mol.